The van der Waals surface area contributed by atoms with E-state index in [4.69, 9.17) is 0 Å². The van der Waals surface area contributed by atoms with Crippen molar-refractivity contribution in [2.45, 2.75) is 6.92 Å². The van der Waals surface area contributed by atoms with E-state index in [9.17, 15) is 0 Å². The maximum absolute atomic E-state index is 2.27. The third-order valence-corrected chi connectivity index (χ3v) is 4.00. The van der Waals surface area contributed by atoms with Crippen molar-refractivity contribution >= 4 is 25.5 Å². The first kappa shape index (κ1) is 11.2. The summed E-state index contributed by atoms with van der Waals surface area (Å²) in [5.41, 5.74) is 2.59. The second kappa shape index (κ2) is 5.69. The monoisotopic (exact) mass is 274 g/mol. The molecule has 0 radical (unpaired) electrons. The number of aryl methyl sites for hydroxylation is 1. The Kier molecular flexibility index (Phi) is 3.98. The van der Waals surface area contributed by atoms with E-state index in [0.29, 0.717) is 15.0 Å². The molecule has 0 aliphatic heterocycles. The van der Waals surface area contributed by atoms with Gasteiger partial charge in [-0.15, -0.1) is 0 Å². The van der Waals surface area contributed by atoms with Gasteiger partial charge in [0.1, 0.15) is 0 Å². The first-order valence-electron chi connectivity index (χ1n) is 5.29. The molecule has 0 heterocycles. The van der Waals surface area contributed by atoms with Crippen LogP contribution in [-0.2, 0) is 0 Å². The van der Waals surface area contributed by atoms with Crippen LogP contribution in [0, 0.1) is 6.92 Å². The van der Waals surface area contributed by atoms with Gasteiger partial charge in [0, 0.05) is 0 Å². The van der Waals surface area contributed by atoms with Gasteiger partial charge in [0.15, 0.2) is 0 Å². The van der Waals surface area contributed by atoms with Crippen molar-refractivity contribution in [3.05, 3.63) is 70.7 Å². The minimum absolute atomic E-state index is 0.437. The van der Waals surface area contributed by atoms with E-state index in [1.807, 2.05) is 0 Å². The molecule has 0 nitrogen and oxygen atoms in total. The normalized spacial score (nSPS) is 10.8. The van der Waals surface area contributed by atoms with Crippen molar-refractivity contribution in [2.75, 3.05) is 0 Å². The molecule has 0 saturated carbocycles. The van der Waals surface area contributed by atoms with Crippen molar-refractivity contribution in [1.82, 2.24) is 0 Å². The second-order valence-electron chi connectivity index (χ2n) is 3.64. The van der Waals surface area contributed by atoms with Gasteiger partial charge in [0.2, 0.25) is 0 Å². The first-order valence-corrected chi connectivity index (χ1v) is 7.14. The molecule has 0 aliphatic carbocycles. The molecule has 0 unspecified atom stereocenters. The minimum atomic E-state index is 0.437. The third kappa shape index (κ3) is 3.37. The zero-order chi connectivity index (χ0) is 11.2. The van der Waals surface area contributed by atoms with Crippen LogP contribution in [0.5, 0.6) is 0 Å². The van der Waals surface area contributed by atoms with Gasteiger partial charge in [-0.3, -0.25) is 0 Å². The molecule has 0 aliphatic rings. The SMILES string of the molecule is Cc1ccc(/C=C\[Se]c2ccccc2)cc1. The van der Waals surface area contributed by atoms with Crippen LogP contribution in [0.15, 0.2) is 59.6 Å². The average Bonchev–Trinajstić information content (AvgIpc) is 2.33. The first-order chi connectivity index (χ1) is 7.84. The maximum atomic E-state index is 2.27. The van der Waals surface area contributed by atoms with E-state index in [2.05, 4.69) is 72.6 Å². The molecule has 0 amide bonds. The molecule has 0 N–H and O–H groups in total. The Morgan fingerprint density at radius 3 is 2.25 bits per heavy atom. The summed E-state index contributed by atoms with van der Waals surface area (Å²) in [6.45, 7) is 2.11. The molecule has 0 aromatic heterocycles. The predicted octanol–water partition coefficient (Wildman–Crippen LogP) is 3.00. The van der Waals surface area contributed by atoms with Gasteiger partial charge < -0.3 is 0 Å². The fourth-order valence-corrected chi connectivity index (χ4v) is 2.83. The summed E-state index contributed by atoms with van der Waals surface area (Å²) < 4.78 is 1.42. The van der Waals surface area contributed by atoms with Gasteiger partial charge in [-0.05, 0) is 0 Å². The quantitative estimate of drug-likeness (QED) is 0.754. The fraction of sp³-hybridized carbons (Fsp3) is 0.0667. The Bertz CT molecular complexity index is 455. The predicted molar refractivity (Wildman–Crippen MR) is 72.0 cm³/mol. The Balaban J connectivity index is 1.98. The van der Waals surface area contributed by atoms with E-state index in [1.54, 1.807) is 0 Å². The van der Waals surface area contributed by atoms with Crippen LogP contribution in [0.1, 0.15) is 11.1 Å². The third-order valence-electron chi connectivity index (χ3n) is 2.29. The van der Waals surface area contributed by atoms with Gasteiger partial charge in [-0.25, -0.2) is 0 Å². The fourth-order valence-electron chi connectivity index (χ4n) is 1.37. The summed E-state index contributed by atoms with van der Waals surface area (Å²) in [4.78, 5) is 2.27. The van der Waals surface area contributed by atoms with Crippen LogP contribution in [0.4, 0.5) is 0 Å². The molecule has 80 valence electrons. The molecule has 1 heteroatoms. The van der Waals surface area contributed by atoms with Gasteiger partial charge in [0.05, 0.1) is 0 Å². The number of benzene rings is 2. The number of rotatable bonds is 3. The summed E-state index contributed by atoms with van der Waals surface area (Å²) in [5.74, 6) is 0. The average molecular weight is 273 g/mol. The van der Waals surface area contributed by atoms with Crippen LogP contribution in [0.2, 0.25) is 0 Å². The molecular formula is C15H14Se. The number of hydrogen-bond acceptors (Lipinski definition) is 0. The van der Waals surface area contributed by atoms with E-state index in [1.165, 1.54) is 15.6 Å². The van der Waals surface area contributed by atoms with E-state index < -0.39 is 0 Å². The van der Waals surface area contributed by atoms with Crippen LogP contribution in [0.3, 0.4) is 0 Å². The summed E-state index contributed by atoms with van der Waals surface area (Å²) in [5, 5.41) is 0. The van der Waals surface area contributed by atoms with Crippen molar-refractivity contribution in [3.8, 4) is 0 Å². The van der Waals surface area contributed by atoms with Gasteiger partial charge in [-0.2, -0.15) is 0 Å². The molecule has 0 atom stereocenters. The Morgan fingerprint density at radius 1 is 0.875 bits per heavy atom. The Labute approximate surface area is 103 Å². The molecule has 0 bridgehead atoms. The van der Waals surface area contributed by atoms with Crippen LogP contribution >= 0.6 is 0 Å². The zero-order valence-electron chi connectivity index (χ0n) is 9.26. The molecular weight excluding hydrogens is 259 g/mol. The topological polar surface area (TPSA) is 0 Å². The van der Waals surface area contributed by atoms with E-state index >= 15 is 0 Å². The van der Waals surface area contributed by atoms with Crippen molar-refractivity contribution < 1.29 is 0 Å². The molecule has 16 heavy (non-hydrogen) atoms. The second-order valence-corrected chi connectivity index (χ2v) is 5.70. The standard InChI is InChI=1S/C15H14Se/c1-13-7-9-14(10-8-13)11-12-16-15-5-3-2-4-6-15/h2-12H,1H3/b12-11-. The summed E-state index contributed by atoms with van der Waals surface area (Å²) in [6, 6.07) is 19.2. The molecule has 0 spiro atoms. The number of hydrogen-bond donors (Lipinski definition) is 0. The molecule has 0 saturated heterocycles. The molecule has 0 fully saturated rings. The van der Waals surface area contributed by atoms with Crippen molar-refractivity contribution in [3.63, 3.8) is 0 Å². The van der Waals surface area contributed by atoms with Gasteiger partial charge >= 0.3 is 103 Å². The summed E-state index contributed by atoms with van der Waals surface area (Å²) in [7, 11) is 0. The summed E-state index contributed by atoms with van der Waals surface area (Å²) in [6.07, 6.45) is 2.20. The van der Waals surface area contributed by atoms with Gasteiger partial charge in [-0.1, -0.05) is 0 Å². The molecule has 2 aromatic rings. The summed E-state index contributed by atoms with van der Waals surface area (Å²) >= 11 is 0.437. The van der Waals surface area contributed by atoms with E-state index in [0.717, 1.165) is 0 Å². The zero-order valence-corrected chi connectivity index (χ0v) is 11.0. The van der Waals surface area contributed by atoms with Crippen LogP contribution in [-0.4, -0.2) is 15.0 Å². The Morgan fingerprint density at radius 2 is 1.56 bits per heavy atom. The van der Waals surface area contributed by atoms with Crippen molar-refractivity contribution in [1.29, 1.82) is 0 Å². The van der Waals surface area contributed by atoms with Gasteiger partial charge in [0.25, 0.3) is 0 Å². The molecule has 2 aromatic carbocycles. The van der Waals surface area contributed by atoms with Crippen molar-refractivity contribution in [2.24, 2.45) is 0 Å². The van der Waals surface area contributed by atoms with E-state index in [-0.39, 0.29) is 0 Å². The van der Waals surface area contributed by atoms with Crippen LogP contribution in [0.25, 0.3) is 6.08 Å². The molecule has 2 rings (SSSR count). The Hall–Kier alpha value is -1.30. The van der Waals surface area contributed by atoms with Crippen LogP contribution < -0.4 is 4.46 Å².